The molecule has 272 valence electrons. The molecule has 1 aromatic carbocycles. The van der Waals surface area contributed by atoms with Crippen molar-refractivity contribution in [2.24, 2.45) is 0 Å². The highest BCUT2D eigenvalue weighted by Gasteiger charge is 2.56. The van der Waals surface area contributed by atoms with Crippen LogP contribution in [0.4, 0.5) is 11.5 Å². The number of hydrogen-bond donors (Lipinski definition) is 1. The van der Waals surface area contributed by atoms with Gasteiger partial charge in [0.1, 0.15) is 43.1 Å². The molecular weight excluding hydrogens is 672 g/mol. The van der Waals surface area contributed by atoms with Gasteiger partial charge in [0.15, 0.2) is 17.7 Å². The number of aromatic nitrogens is 4. The van der Waals surface area contributed by atoms with Crippen LogP contribution in [0, 0.1) is 12.3 Å². The van der Waals surface area contributed by atoms with Crippen LogP contribution in [0.3, 0.4) is 0 Å². The Balaban J connectivity index is 0.935. The van der Waals surface area contributed by atoms with Crippen molar-refractivity contribution in [1.82, 2.24) is 19.7 Å². The van der Waals surface area contributed by atoms with Crippen molar-refractivity contribution in [1.29, 1.82) is 0 Å². The number of piperazine rings is 1. The predicted octanol–water partition coefficient (Wildman–Crippen LogP) is 2.29. The molecule has 0 unspecified atom stereocenters. The van der Waals surface area contributed by atoms with Gasteiger partial charge >= 0.3 is 0 Å². The number of aliphatic hydroxyl groups is 1. The Morgan fingerprint density at radius 2 is 1.50 bits per heavy atom. The fourth-order valence-electron chi connectivity index (χ4n) is 6.25. The number of fused-ring (bicyclic) bond motifs is 2. The van der Waals surface area contributed by atoms with Crippen LogP contribution >= 0.6 is 11.6 Å². The van der Waals surface area contributed by atoms with Gasteiger partial charge < -0.3 is 52.8 Å². The first kappa shape index (κ1) is 36.5. The van der Waals surface area contributed by atoms with Gasteiger partial charge in [0.25, 0.3) is 0 Å². The smallest absolute Gasteiger partial charge is 0.226 e. The van der Waals surface area contributed by atoms with Crippen molar-refractivity contribution in [3.8, 4) is 18.1 Å². The minimum Gasteiger partial charge on any atom is -0.491 e. The average Bonchev–Trinajstić information content (AvgIpc) is 3.78. The summed E-state index contributed by atoms with van der Waals surface area (Å²) in [6, 6.07) is 8.08. The molecule has 3 aliphatic rings. The molecule has 5 heterocycles. The summed E-state index contributed by atoms with van der Waals surface area (Å²) in [4.78, 5) is 13.6. The van der Waals surface area contributed by atoms with Crippen molar-refractivity contribution in [3.05, 3.63) is 35.7 Å². The molecule has 3 saturated heterocycles. The maximum Gasteiger partial charge on any atom is 0.226 e. The summed E-state index contributed by atoms with van der Waals surface area (Å²) in [6.45, 7) is 10.7. The molecule has 16 heteroatoms. The van der Waals surface area contributed by atoms with Crippen LogP contribution < -0.4 is 14.5 Å². The Bertz CT molecular complexity index is 1560. The number of anilines is 2. The lowest BCUT2D eigenvalue weighted by Gasteiger charge is -2.37. The van der Waals surface area contributed by atoms with Crippen LogP contribution in [-0.4, -0.2) is 141 Å². The third-order valence-electron chi connectivity index (χ3n) is 8.53. The van der Waals surface area contributed by atoms with Crippen LogP contribution in [0.1, 0.15) is 20.1 Å². The molecule has 50 heavy (non-hydrogen) atoms. The molecule has 0 spiro atoms. The number of rotatable bonds is 18. The summed E-state index contributed by atoms with van der Waals surface area (Å²) < 4.78 is 47.4. The number of nitrogens with zero attached hydrogens (tertiary/aromatic N) is 6. The van der Waals surface area contributed by atoms with Gasteiger partial charge in [-0.05, 0) is 49.7 Å². The number of terminal acetylenes is 1. The Morgan fingerprint density at radius 1 is 0.880 bits per heavy atom. The van der Waals surface area contributed by atoms with Crippen molar-refractivity contribution in [2.75, 3.05) is 102 Å². The van der Waals surface area contributed by atoms with Gasteiger partial charge in [-0.1, -0.05) is 5.92 Å². The van der Waals surface area contributed by atoms with Gasteiger partial charge in [-0.3, -0.25) is 0 Å². The molecule has 0 amide bonds. The highest BCUT2D eigenvalue weighted by molar-refractivity contribution is 6.28. The standard InChI is InChI=1S/C34H45ClN6O9/c1-4-13-43-14-15-44-16-17-45-18-19-46-20-21-47-25-7-5-24(6-8-25)39-9-11-40(12-10-39)30-26-22-36-41(31(26)38-33(35)37-30)32-29-28(27(23-42)48-32)49-34(2,3)50-29/h1,5-8,22,27-29,32,42H,9-21,23H2,2-3H3/t27-,28-,29-,32-/m1/s1. The summed E-state index contributed by atoms with van der Waals surface area (Å²) in [7, 11) is 0. The zero-order valence-electron chi connectivity index (χ0n) is 28.4. The molecule has 6 rings (SSSR count). The van der Waals surface area contributed by atoms with Crippen LogP contribution in [0.25, 0.3) is 11.0 Å². The largest absolute Gasteiger partial charge is 0.491 e. The van der Waals surface area contributed by atoms with E-state index in [4.69, 9.17) is 55.9 Å². The second-order valence-electron chi connectivity index (χ2n) is 12.4. The Hall–Kier alpha value is -3.30. The van der Waals surface area contributed by atoms with Gasteiger partial charge in [-0.15, -0.1) is 6.42 Å². The Labute approximate surface area is 296 Å². The molecular formula is C34H45ClN6O9. The lowest BCUT2D eigenvalue weighted by molar-refractivity contribution is -0.201. The van der Waals surface area contributed by atoms with E-state index in [9.17, 15) is 5.11 Å². The van der Waals surface area contributed by atoms with E-state index in [2.05, 4.69) is 42.9 Å². The molecule has 3 aromatic rings. The second-order valence-corrected chi connectivity index (χ2v) is 12.7. The monoisotopic (exact) mass is 716 g/mol. The molecule has 2 aromatic heterocycles. The topological polar surface area (TPSA) is 144 Å². The molecule has 3 aliphatic heterocycles. The quantitative estimate of drug-likeness (QED) is 0.117. The van der Waals surface area contributed by atoms with E-state index in [-0.39, 0.29) is 11.9 Å². The van der Waals surface area contributed by atoms with E-state index >= 15 is 0 Å². The second kappa shape index (κ2) is 17.3. The molecule has 0 saturated carbocycles. The number of ether oxygens (including phenoxy) is 8. The van der Waals surface area contributed by atoms with Crippen LogP contribution in [0.2, 0.25) is 5.28 Å². The van der Waals surface area contributed by atoms with Gasteiger partial charge in [-0.25, -0.2) is 4.68 Å². The molecule has 0 bridgehead atoms. The summed E-state index contributed by atoms with van der Waals surface area (Å²) in [5.74, 6) is 3.10. The van der Waals surface area contributed by atoms with E-state index < -0.39 is 30.3 Å². The highest BCUT2D eigenvalue weighted by Crippen LogP contribution is 2.44. The molecule has 1 N–H and O–H groups in total. The normalized spacial score (nSPS) is 23.0. The van der Waals surface area contributed by atoms with Crippen LogP contribution in [0.15, 0.2) is 30.5 Å². The molecule has 15 nitrogen and oxygen atoms in total. The molecule has 4 atom stereocenters. The molecule has 0 radical (unpaired) electrons. The fraction of sp³-hybridized carbons (Fsp3) is 0.618. The van der Waals surface area contributed by atoms with Gasteiger partial charge in [-0.2, -0.15) is 15.1 Å². The van der Waals surface area contributed by atoms with Crippen molar-refractivity contribution < 1.29 is 43.0 Å². The Morgan fingerprint density at radius 3 is 2.16 bits per heavy atom. The highest BCUT2D eigenvalue weighted by atomic mass is 35.5. The van der Waals surface area contributed by atoms with Gasteiger partial charge in [0.05, 0.1) is 64.4 Å². The minimum atomic E-state index is -0.805. The lowest BCUT2D eigenvalue weighted by Crippen LogP contribution is -2.47. The van der Waals surface area contributed by atoms with Crippen molar-refractivity contribution in [2.45, 2.75) is 44.2 Å². The van der Waals surface area contributed by atoms with Crippen LogP contribution in [0.5, 0.6) is 5.75 Å². The van der Waals surface area contributed by atoms with Gasteiger partial charge in [0, 0.05) is 31.9 Å². The summed E-state index contributed by atoms with van der Waals surface area (Å²) in [5.41, 5.74) is 1.65. The lowest BCUT2D eigenvalue weighted by atomic mass is 10.1. The number of aliphatic hydroxyl groups excluding tert-OH is 1. The average molecular weight is 717 g/mol. The first-order valence-corrected chi connectivity index (χ1v) is 17.2. The Kier molecular flexibility index (Phi) is 12.6. The fourth-order valence-corrected chi connectivity index (χ4v) is 6.41. The van der Waals surface area contributed by atoms with E-state index in [1.807, 2.05) is 26.0 Å². The zero-order chi connectivity index (χ0) is 34.9. The van der Waals surface area contributed by atoms with E-state index in [1.165, 1.54) is 0 Å². The summed E-state index contributed by atoms with van der Waals surface area (Å²) in [6.07, 6.45) is 4.77. The first-order valence-electron chi connectivity index (χ1n) is 16.9. The molecule has 0 aliphatic carbocycles. The van der Waals surface area contributed by atoms with Crippen molar-refractivity contribution >= 4 is 34.1 Å². The van der Waals surface area contributed by atoms with E-state index in [0.717, 1.165) is 43.0 Å². The number of hydrogen-bond acceptors (Lipinski definition) is 14. The van der Waals surface area contributed by atoms with Crippen molar-refractivity contribution in [3.63, 3.8) is 0 Å². The summed E-state index contributed by atoms with van der Waals surface area (Å²) in [5, 5.41) is 15.4. The van der Waals surface area contributed by atoms with E-state index in [0.29, 0.717) is 70.9 Å². The third-order valence-corrected chi connectivity index (χ3v) is 8.70. The number of halogens is 1. The SMILES string of the molecule is C#CCOCCOCCOCCOCCOc1ccc(N2CCN(c3nc(Cl)nc4c3cnn4[C@@H]3O[C@H](CO)[C@H]4OC(C)(C)O[C@H]43)CC2)cc1. The van der Waals surface area contributed by atoms with Gasteiger partial charge in [0.2, 0.25) is 5.28 Å². The predicted molar refractivity (Wildman–Crippen MR) is 184 cm³/mol. The summed E-state index contributed by atoms with van der Waals surface area (Å²) >= 11 is 6.46. The first-order chi connectivity index (χ1) is 24.4. The minimum absolute atomic E-state index is 0.115. The zero-order valence-corrected chi connectivity index (χ0v) is 29.2. The molecule has 3 fully saturated rings. The third kappa shape index (κ3) is 8.94. The van der Waals surface area contributed by atoms with Crippen LogP contribution in [-0.2, 0) is 33.2 Å². The maximum atomic E-state index is 9.93. The number of benzene rings is 1. The van der Waals surface area contributed by atoms with E-state index in [1.54, 1.807) is 10.9 Å². The maximum absolute atomic E-state index is 9.93.